The highest BCUT2D eigenvalue weighted by Crippen LogP contribution is 2.27. The minimum atomic E-state index is -0.709. The Bertz CT molecular complexity index is 538. The number of anilines is 1. The molecule has 0 saturated heterocycles. The van der Waals surface area contributed by atoms with Crippen molar-refractivity contribution in [2.24, 2.45) is 0 Å². The highest BCUT2D eigenvalue weighted by molar-refractivity contribution is 6.33. The summed E-state index contributed by atoms with van der Waals surface area (Å²) in [6.07, 6.45) is 0. The molecule has 0 unspecified atom stereocenters. The normalized spacial score (nSPS) is 10.7. The molecule has 6 heteroatoms. The van der Waals surface area contributed by atoms with Gasteiger partial charge in [-0.15, -0.1) is 0 Å². The van der Waals surface area contributed by atoms with Crippen LogP contribution in [0.25, 0.3) is 0 Å². The van der Waals surface area contributed by atoms with Crippen LogP contribution in [-0.4, -0.2) is 10.2 Å². The van der Waals surface area contributed by atoms with E-state index in [0.29, 0.717) is 6.54 Å². The molecule has 1 aromatic carbocycles. The average molecular weight is 272 g/mol. The first-order chi connectivity index (χ1) is 8.49. The van der Waals surface area contributed by atoms with Crippen molar-refractivity contribution in [2.45, 2.75) is 20.4 Å². The number of H-pyrrole nitrogens is 1. The second-order valence-electron chi connectivity index (χ2n) is 4.01. The van der Waals surface area contributed by atoms with Gasteiger partial charge in [0.1, 0.15) is 5.82 Å². The van der Waals surface area contributed by atoms with Crippen molar-refractivity contribution in [1.29, 1.82) is 0 Å². The molecular weight excluding hydrogens is 260 g/mol. The molecular formula is C12H12ClF2N3. The van der Waals surface area contributed by atoms with E-state index in [2.05, 4.69) is 15.5 Å². The number of nitrogens with zero attached hydrogens (tertiary/aromatic N) is 1. The lowest BCUT2D eigenvalue weighted by atomic mass is 10.2. The number of hydrogen-bond acceptors (Lipinski definition) is 2. The Morgan fingerprint density at radius 3 is 2.61 bits per heavy atom. The number of hydrogen-bond donors (Lipinski definition) is 2. The van der Waals surface area contributed by atoms with Crippen LogP contribution < -0.4 is 5.32 Å². The summed E-state index contributed by atoms with van der Waals surface area (Å²) in [6.45, 7) is 4.10. The van der Waals surface area contributed by atoms with E-state index in [1.54, 1.807) is 0 Å². The van der Waals surface area contributed by atoms with Gasteiger partial charge in [-0.25, -0.2) is 8.78 Å². The van der Waals surface area contributed by atoms with Crippen LogP contribution in [0.2, 0.25) is 5.02 Å². The molecule has 2 aromatic rings. The van der Waals surface area contributed by atoms with E-state index in [1.165, 1.54) is 0 Å². The van der Waals surface area contributed by atoms with Crippen LogP contribution in [0, 0.1) is 25.5 Å². The maximum Gasteiger partial charge on any atom is 0.150 e. The first kappa shape index (κ1) is 12.8. The molecule has 1 aromatic heterocycles. The summed E-state index contributed by atoms with van der Waals surface area (Å²) in [5, 5.41) is 9.75. The molecule has 0 radical (unpaired) electrons. The molecule has 3 nitrogen and oxygen atoms in total. The molecule has 0 aliphatic rings. The predicted octanol–water partition coefficient (Wildman–Crippen LogP) is 3.57. The van der Waals surface area contributed by atoms with Crippen molar-refractivity contribution in [1.82, 2.24) is 10.2 Å². The molecule has 0 fully saturated rings. The van der Waals surface area contributed by atoms with Crippen molar-refractivity contribution in [3.05, 3.63) is 45.7 Å². The Balaban J connectivity index is 2.21. The number of aromatic amines is 1. The van der Waals surface area contributed by atoms with Crippen LogP contribution in [0.4, 0.5) is 14.5 Å². The number of aromatic nitrogens is 2. The highest BCUT2D eigenvalue weighted by Gasteiger charge is 2.11. The van der Waals surface area contributed by atoms with E-state index < -0.39 is 11.6 Å². The van der Waals surface area contributed by atoms with Gasteiger partial charge in [0.05, 0.1) is 16.4 Å². The topological polar surface area (TPSA) is 40.7 Å². The summed E-state index contributed by atoms with van der Waals surface area (Å²) < 4.78 is 26.4. The van der Waals surface area contributed by atoms with Gasteiger partial charge in [-0.3, -0.25) is 5.10 Å². The van der Waals surface area contributed by atoms with Crippen molar-refractivity contribution in [2.75, 3.05) is 5.32 Å². The van der Waals surface area contributed by atoms with Gasteiger partial charge in [0.25, 0.3) is 0 Å². The third-order valence-electron chi connectivity index (χ3n) is 2.73. The molecule has 96 valence electrons. The first-order valence-electron chi connectivity index (χ1n) is 5.38. The number of benzene rings is 1. The van der Waals surface area contributed by atoms with Gasteiger partial charge in [-0.2, -0.15) is 5.10 Å². The maximum absolute atomic E-state index is 13.5. The third kappa shape index (κ3) is 2.46. The molecule has 0 aliphatic heterocycles. The van der Waals surface area contributed by atoms with Gasteiger partial charge < -0.3 is 5.32 Å². The lowest BCUT2D eigenvalue weighted by molar-refractivity contribution is 0.585. The Morgan fingerprint density at radius 2 is 2.06 bits per heavy atom. The van der Waals surface area contributed by atoms with Crippen LogP contribution in [0.15, 0.2) is 12.1 Å². The summed E-state index contributed by atoms with van der Waals surface area (Å²) in [7, 11) is 0. The molecule has 0 atom stereocenters. The van der Waals surface area contributed by atoms with Crippen LogP contribution >= 0.6 is 11.6 Å². The van der Waals surface area contributed by atoms with Gasteiger partial charge in [0.15, 0.2) is 5.82 Å². The second kappa shape index (κ2) is 4.94. The monoisotopic (exact) mass is 271 g/mol. The molecule has 0 aliphatic carbocycles. The SMILES string of the molecule is Cc1n[nH]c(C)c1CNc1c(F)cc(F)cc1Cl. The summed E-state index contributed by atoms with van der Waals surface area (Å²) in [5.74, 6) is -1.41. The zero-order chi connectivity index (χ0) is 13.3. The lowest BCUT2D eigenvalue weighted by Gasteiger charge is -2.10. The Labute approximate surface area is 108 Å². The smallest absolute Gasteiger partial charge is 0.150 e. The first-order valence-corrected chi connectivity index (χ1v) is 5.75. The summed E-state index contributed by atoms with van der Waals surface area (Å²) in [6, 6.07) is 1.87. The van der Waals surface area contributed by atoms with Crippen molar-refractivity contribution in [3.8, 4) is 0 Å². The minimum absolute atomic E-state index is 0.0197. The van der Waals surface area contributed by atoms with Gasteiger partial charge in [0, 0.05) is 23.9 Å². The zero-order valence-electron chi connectivity index (χ0n) is 9.94. The molecule has 18 heavy (non-hydrogen) atoms. The molecule has 2 N–H and O–H groups in total. The zero-order valence-corrected chi connectivity index (χ0v) is 10.7. The van der Waals surface area contributed by atoms with E-state index >= 15 is 0 Å². The Hall–Kier alpha value is -1.62. The van der Waals surface area contributed by atoms with Crippen molar-refractivity contribution >= 4 is 17.3 Å². The highest BCUT2D eigenvalue weighted by atomic mass is 35.5. The number of halogens is 3. The van der Waals surface area contributed by atoms with Crippen molar-refractivity contribution in [3.63, 3.8) is 0 Å². The maximum atomic E-state index is 13.5. The van der Waals surface area contributed by atoms with Crippen LogP contribution in [0.3, 0.4) is 0 Å². The number of nitrogens with one attached hydrogen (secondary N) is 2. The van der Waals surface area contributed by atoms with E-state index in [9.17, 15) is 8.78 Å². The van der Waals surface area contributed by atoms with Crippen LogP contribution in [0.1, 0.15) is 17.0 Å². The molecule has 0 saturated carbocycles. The number of rotatable bonds is 3. The molecule has 2 rings (SSSR count). The van der Waals surface area contributed by atoms with Crippen LogP contribution in [0.5, 0.6) is 0 Å². The third-order valence-corrected chi connectivity index (χ3v) is 3.03. The summed E-state index contributed by atoms with van der Waals surface area (Å²) in [4.78, 5) is 0. The minimum Gasteiger partial charge on any atom is -0.377 e. The lowest BCUT2D eigenvalue weighted by Crippen LogP contribution is -2.04. The average Bonchev–Trinajstić information content (AvgIpc) is 2.58. The molecule has 1 heterocycles. The quantitative estimate of drug-likeness (QED) is 0.896. The number of aryl methyl sites for hydroxylation is 2. The standard InChI is InChI=1S/C12H12ClF2N3/c1-6-9(7(2)18-17-6)5-16-12-10(13)3-8(14)4-11(12)15/h3-4,16H,5H2,1-2H3,(H,17,18). The van der Waals surface area contributed by atoms with Gasteiger partial charge >= 0.3 is 0 Å². The van der Waals surface area contributed by atoms with E-state index in [1.807, 2.05) is 13.8 Å². The Morgan fingerprint density at radius 1 is 1.33 bits per heavy atom. The largest absolute Gasteiger partial charge is 0.377 e. The van der Waals surface area contributed by atoms with Gasteiger partial charge in [0.2, 0.25) is 0 Å². The van der Waals surface area contributed by atoms with Gasteiger partial charge in [-0.05, 0) is 19.9 Å². The Kier molecular flexibility index (Phi) is 3.52. The van der Waals surface area contributed by atoms with Crippen molar-refractivity contribution < 1.29 is 8.78 Å². The molecule has 0 amide bonds. The summed E-state index contributed by atoms with van der Waals surface area (Å²) >= 11 is 5.79. The molecule has 0 bridgehead atoms. The van der Waals surface area contributed by atoms with Gasteiger partial charge in [-0.1, -0.05) is 11.6 Å². The van der Waals surface area contributed by atoms with Crippen LogP contribution in [-0.2, 0) is 6.54 Å². The fraction of sp³-hybridized carbons (Fsp3) is 0.250. The molecule has 0 spiro atoms. The van der Waals surface area contributed by atoms with E-state index in [-0.39, 0.29) is 10.7 Å². The summed E-state index contributed by atoms with van der Waals surface area (Å²) in [5.41, 5.74) is 2.77. The fourth-order valence-corrected chi connectivity index (χ4v) is 1.98. The predicted molar refractivity (Wildman–Crippen MR) is 66.8 cm³/mol. The second-order valence-corrected chi connectivity index (χ2v) is 4.42. The van der Waals surface area contributed by atoms with E-state index in [0.717, 1.165) is 29.1 Å². The van der Waals surface area contributed by atoms with E-state index in [4.69, 9.17) is 11.6 Å². The fourth-order valence-electron chi connectivity index (χ4n) is 1.72.